The van der Waals surface area contributed by atoms with E-state index in [0.29, 0.717) is 11.4 Å². The molecule has 0 bridgehead atoms. The molecule has 0 aromatic heterocycles. The molecule has 0 saturated heterocycles. The summed E-state index contributed by atoms with van der Waals surface area (Å²) < 4.78 is 0.0319. The van der Waals surface area contributed by atoms with E-state index in [1.54, 1.807) is 23.9 Å². The molecule has 2 rings (SSSR count). The van der Waals surface area contributed by atoms with E-state index in [1.807, 2.05) is 6.07 Å². The van der Waals surface area contributed by atoms with E-state index in [1.165, 1.54) is 0 Å². The minimum Gasteiger partial charge on any atom is -0.298 e. The number of halogens is 1. The van der Waals surface area contributed by atoms with E-state index >= 15 is 0 Å². The zero-order chi connectivity index (χ0) is 16.5. The van der Waals surface area contributed by atoms with Crippen molar-refractivity contribution in [2.24, 2.45) is 5.92 Å². The number of hydrogen-bond acceptors (Lipinski definition) is 4. The molecule has 0 radical (unpaired) electrons. The van der Waals surface area contributed by atoms with Gasteiger partial charge in [-0.25, -0.2) is 0 Å². The molecule has 5 heteroatoms. The van der Waals surface area contributed by atoms with Gasteiger partial charge in [-0.3, -0.25) is 14.4 Å². The molecule has 0 atom stereocenters. The monoisotopic (exact) mass is 338 g/mol. The van der Waals surface area contributed by atoms with Crippen LogP contribution in [-0.4, -0.2) is 22.1 Å². The van der Waals surface area contributed by atoms with Gasteiger partial charge in [0.15, 0.2) is 17.3 Å². The van der Waals surface area contributed by atoms with Crippen LogP contribution >= 0.6 is 23.4 Å². The van der Waals surface area contributed by atoms with Crippen LogP contribution in [0.3, 0.4) is 0 Å². The van der Waals surface area contributed by atoms with Crippen molar-refractivity contribution >= 4 is 40.7 Å². The van der Waals surface area contributed by atoms with E-state index in [4.69, 9.17) is 11.6 Å². The summed E-state index contributed by atoms with van der Waals surface area (Å²) in [5.74, 6) is -2.20. The molecule has 22 heavy (non-hydrogen) atoms. The van der Waals surface area contributed by atoms with Gasteiger partial charge in [0.1, 0.15) is 5.92 Å². The lowest BCUT2D eigenvalue weighted by Gasteiger charge is -2.20. The van der Waals surface area contributed by atoms with Crippen LogP contribution in [0.2, 0.25) is 5.02 Å². The number of rotatable bonds is 3. The maximum absolute atomic E-state index is 12.5. The maximum Gasteiger partial charge on any atom is 0.182 e. The molecule has 1 fully saturated rings. The summed E-state index contributed by atoms with van der Waals surface area (Å²) in [6.45, 7) is 6.26. The van der Waals surface area contributed by atoms with Gasteiger partial charge in [0.25, 0.3) is 0 Å². The number of benzene rings is 1. The topological polar surface area (TPSA) is 51.2 Å². The molecule has 1 aliphatic carbocycles. The van der Waals surface area contributed by atoms with Crippen LogP contribution in [-0.2, 0) is 9.59 Å². The Morgan fingerprint density at radius 2 is 1.77 bits per heavy atom. The second kappa shape index (κ2) is 6.55. The van der Waals surface area contributed by atoms with Gasteiger partial charge in [-0.2, -0.15) is 0 Å². The molecular weight excluding hydrogens is 320 g/mol. The standard InChI is InChI=1S/C17H19ClO3S/c1-17(2,3)22-10-7-8-11(12(18)9-10)16(21)15-13(19)5-4-6-14(15)20/h7-9,15H,4-6H2,1-3H3. The Hall–Kier alpha value is -1.13. The summed E-state index contributed by atoms with van der Waals surface area (Å²) in [4.78, 5) is 37.3. The van der Waals surface area contributed by atoms with Crippen LogP contribution in [0, 0.1) is 5.92 Å². The lowest BCUT2D eigenvalue weighted by Crippen LogP contribution is -2.35. The van der Waals surface area contributed by atoms with Crippen molar-refractivity contribution in [2.45, 2.75) is 49.7 Å². The largest absolute Gasteiger partial charge is 0.298 e. The number of carbonyl (C=O) groups is 3. The third kappa shape index (κ3) is 3.99. The predicted octanol–water partition coefficient (Wildman–Crippen LogP) is 4.35. The van der Waals surface area contributed by atoms with Gasteiger partial charge < -0.3 is 0 Å². The average molecular weight is 339 g/mol. The molecule has 0 unspecified atom stereocenters. The fourth-order valence-electron chi connectivity index (χ4n) is 2.47. The zero-order valence-corrected chi connectivity index (χ0v) is 14.5. The minimum atomic E-state index is -1.16. The van der Waals surface area contributed by atoms with Crippen LogP contribution in [0.15, 0.2) is 23.1 Å². The van der Waals surface area contributed by atoms with Crippen LogP contribution in [0.25, 0.3) is 0 Å². The van der Waals surface area contributed by atoms with Gasteiger partial charge in [-0.1, -0.05) is 32.4 Å². The third-order valence-corrected chi connectivity index (χ3v) is 4.80. The van der Waals surface area contributed by atoms with Crippen molar-refractivity contribution in [3.8, 4) is 0 Å². The fraction of sp³-hybridized carbons (Fsp3) is 0.471. The molecule has 0 N–H and O–H groups in total. The Morgan fingerprint density at radius 3 is 2.27 bits per heavy atom. The first-order chi connectivity index (χ1) is 10.2. The van der Waals surface area contributed by atoms with Gasteiger partial charge in [0, 0.05) is 28.0 Å². The highest BCUT2D eigenvalue weighted by molar-refractivity contribution is 8.00. The highest BCUT2D eigenvalue weighted by atomic mass is 35.5. The Labute approximate surface area is 139 Å². The van der Waals surface area contributed by atoms with Gasteiger partial charge in [-0.15, -0.1) is 11.8 Å². The van der Waals surface area contributed by atoms with Crippen molar-refractivity contribution in [3.05, 3.63) is 28.8 Å². The molecule has 3 nitrogen and oxygen atoms in total. The highest BCUT2D eigenvalue weighted by Crippen LogP contribution is 2.35. The number of ketones is 3. The third-order valence-electron chi connectivity index (χ3n) is 3.38. The first-order valence-corrected chi connectivity index (χ1v) is 8.47. The van der Waals surface area contributed by atoms with E-state index in [9.17, 15) is 14.4 Å². The predicted molar refractivity (Wildman–Crippen MR) is 88.7 cm³/mol. The maximum atomic E-state index is 12.5. The quantitative estimate of drug-likeness (QED) is 0.467. The smallest absolute Gasteiger partial charge is 0.182 e. The Kier molecular flexibility index (Phi) is 5.13. The lowest BCUT2D eigenvalue weighted by atomic mass is 9.82. The Balaban J connectivity index is 2.27. The Morgan fingerprint density at radius 1 is 1.18 bits per heavy atom. The molecule has 1 saturated carbocycles. The van der Waals surface area contributed by atoms with Crippen molar-refractivity contribution in [1.82, 2.24) is 0 Å². The SMILES string of the molecule is CC(C)(C)Sc1ccc(C(=O)C2C(=O)CCCC2=O)c(Cl)c1. The van der Waals surface area contributed by atoms with E-state index in [-0.39, 0.29) is 34.7 Å². The zero-order valence-electron chi connectivity index (χ0n) is 12.9. The fourth-order valence-corrected chi connectivity index (χ4v) is 3.82. The van der Waals surface area contributed by atoms with Crippen molar-refractivity contribution < 1.29 is 14.4 Å². The summed E-state index contributed by atoms with van der Waals surface area (Å²) in [7, 11) is 0. The summed E-state index contributed by atoms with van der Waals surface area (Å²) in [6.07, 6.45) is 1.12. The van der Waals surface area contributed by atoms with Crippen molar-refractivity contribution in [3.63, 3.8) is 0 Å². The summed E-state index contributed by atoms with van der Waals surface area (Å²) in [5.41, 5.74) is 0.258. The molecule has 1 aromatic rings. The average Bonchev–Trinajstić information content (AvgIpc) is 2.36. The number of Topliss-reactive ketones (excluding diaryl/α,β-unsaturated/α-hetero) is 3. The van der Waals surface area contributed by atoms with E-state index < -0.39 is 11.7 Å². The van der Waals surface area contributed by atoms with Crippen LogP contribution in [0.5, 0.6) is 0 Å². The summed E-state index contributed by atoms with van der Waals surface area (Å²) in [5, 5.41) is 0.297. The number of hydrogen-bond donors (Lipinski definition) is 0. The molecule has 1 aliphatic rings. The minimum absolute atomic E-state index is 0.0319. The second-order valence-electron chi connectivity index (χ2n) is 6.44. The highest BCUT2D eigenvalue weighted by Gasteiger charge is 2.37. The molecule has 118 valence electrons. The van der Waals surface area contributed by atoms with E-state index in [0.717, 1.165) is 4.90 Å². The second-order valence-corrected chi connectivity index (χ2v) is 8.75. The van der Waals surface area contributed by atoms with Gasteiger partial charge in [0.2, 0.25) is 0 Å². The Bertz CT molecular complexity index is 615. The first-order valence-electron chi connectivity index (χ1n) is 7.27. The molecule has 0 heterocycles. The lowest BCUT2D eigenvalue weighted by molar-refractivity contribution is -0.133. The van der Waals surface area contributed by atoms with Crippen LogP contribution < -0.4 is 0 Å². The van der Waals surface area contributed by atoms with Crippen molar-refractivity contribution in [1.29, 1.82) is 0 Å². The van der Waals surface area contributed by atoms with Crippen molar-refractivity contribution in [2.75, 3.05) is 0 Å². The summed E-state index contributed by atoms with van der Waals surface area (Å²) in [6, 6.07) is 5.16. The van der Waals surface area contributed by atoms with Gasteiger partial charge in [-0.05, 0) is 24.6 Å². The molecular formula is C17H19ClO3S. The van der Waals surface area contributed by atoms with Gasteiger partial charge in [0.05, 0.1) is 5.02 Å². The van der Waals surface area contributed by atoms with Gasteiger partial charge >= 0.3 is 0 Å². The molecule has 0 aliphatic heterocycles. The first kappa shape index (κ1) is 17.2. The van der Waals surface area contributed by atoms with Crippen LogP contribution in [0.1, 0.15) is 50.4 Å². The molecule has 0 amide bonds. The normalized spacial score (nSPS) is 16.9. The molecule has 1 aromatic carbocycles. The molecule has 0 spiro atoms. The number of carbonyl (C=O) groups excluding carboxylic acids is 3. The van der Waals surface area contributed by atoms with E-state index in [2.05, 4.69) is 20.8 Å². The number of thioether (sulfide) groups is 1. The van der Waals surface area contributed by atoms with Crippen LogP contribution in [0.4, 0.5) is 0 Å². The summed E-state index contributed by atoms with van der Waals surface area (Å²) >= 11 is 7.85.